The standard InChI is InChI=1S/C34H48N4O5/c1-3-4-5-6-7-8-9-10-11-12-13-14-15-16-17-18-19-20-21-25-32(39)35-26-23-22-24-30(34(41)42)37-33(40)31-28-38(43)29(2)27-36-31/h4-5,7-8,10-11,13-14,16-17,19-20,27-28,30H,3,6,9,12,15,18,21-26H2,1-2H3,(H,35,39)(H,37,40)(H,41,42)/b5-4-,8-7-,11-10-,14-13-,17-16-,20-19-. The Hall–Kier alpha value is -4.27. The largest absolute Gasteiger partial charge is 0.618 e. The van der Waals surface area contributed by atoms with Gasteiger partial charge in [-0.3, -0.25) is 9.59 Å². The third-order valence-electron chi connectivity index (χ3n) is 6.19. The van der Waals surface area contributed by atoms with Crippen LogP contribution in [0.2, 0.25) is 0 Å². The minimum atomic E-state index is -1.17. The van der Waals surface area contributed by atoms with Gasteiger partial charge in [-0.15, -0.1) is 0 Å². The Morgan fingerprint density at radius 3 is 1.93 bits per heavy atom. The average molecular weight is 593 g/mol. The first-order valence-electron chi connectivity index (χ1n) is 15.1. The Bertz CT molecular complexity index is 1150. The highest BCUT2D eigenvalue weighted by Gasteiger charge is 2.22. The Labute approximate surface area is 256 Å². The number of aromatic nitrogens is 2. The van der Waals surface area contributed by atoms with Crippen molar-refractivity contribution in [3.8, 4) is 0 Å². The lowest BCUT2D eigenvalue weighted by molar-refractivity contribution is -0.613. The number of carboxylic acids is 1. The Kier molecular flexibility index (Phi) is 20.8. The van der Waals surface area contributed by atoms with Crippen molar-refractivity contribution in [1.29, 1.82) is 0 Å². The lowest BCUT2D eigenvalue weighted by Gasteiger charge is -2.14. The van der Waals surface area contributed by atoms with Gasteiger partial charge < -0.3 is 20.9 Å². The van der Waals surface area contributed by atoms with E-state index in [9.17, 15) is 24.7 Å². The molecule has 0 spiro atoms. The number of carboxylic acid groups (broad SMARTS) is 1. The monoisotopic (exact) mass is 592 g/mol. The molecule has 1 aromatic rings. The first-order chi connectivity index (χ1) is 20.8. The number of nitrogens with zero attached hydrogens (tertiary/aromatic N) is 2. The molecule has 1 rings (SSSR count). The van der Waals surface area contributed by atoms with Gasteiger partial charge in [0, 0.05) is 19.9 Å². The molecule has 9 nitrogen and oxygen atoms in total. The zero-order valence-electron chi connectivity index (χ0n) is 25.6. The fourth-order valence-electron chi connectivity index (χ4n) is 3.72. The molecule has 9 heteroatoms. The van der Waals surface area contributed by atoms with Crippen molar-refractivity contribution in [3.05, 3.63) is 102 Å². The van der Waals surface area contributed by atoms with E-state index in [0.717, 1.165) is 44.7 Å². The molecule has 0 radical (unpaired) electrons. The summed E-state index contributed by atoms with van der Waals surface area (Å²) in [5.74, 6) is -1.95. The van der Waals surface area contributed by atoms with Gasteiger partial charge >= 0.3 is 5.97 Å². The molecule has 0 aliphatic carbocycles. The van der Waals surface area contributed by atoms with Crippen LogP contribution in [0.5, 0.6) is 0 Å². The molecule has 3 N–H and O–H groups in total. The number of allylic oxidation sites excluding steroid dienone is 12. The molecule has 1 atom stereocenters. The fraction of sp³-hybridized carbons (Fsp3) is 0.441. The molecule has 234 valence electrons. The minimum absolute atomic E-state index is 0.0565. The second kappa shape index (κ2) is 24.3. The molecule has 2 amide bonds. The SMILES string of the molecule is CC/C=C\C/C=C\C/C=C\C/C=C\C/C=C\C/C=C\CCC(=O)NCCCCC(NC(=O)c1c[n+]([O-])c(C)cn1)C(=O)O. The zero-order valence-corrected chi connectivity index (χ0v) is 25.6. The van der Waals surface area contributed by atoms with E-state index in [1.54, 1.807) is 6.92 Å². The van der Waals surface area contributed by atoms with Gasteiger partial charge in [0.15, 0.2) is 5.69 Å². The minimum Gasteiger partial charge on any atom is -0.618 e. The van der Waals surface area contributed by atoms with Crippen LogP contribution in [0.25, 0.3) is 0 Å². The van der Waals surface area contributed by atoms with E-state index in [0.29, 0.717) is 42.7 Å². The second-order valence-corrected chi connectivity index (χ2v) is 9.90. The number of rotatable bonds is 22. The molecule has 43 heavy (non-hydrogen) atoms. The summed E-state index contributed by atoms with van der Waals surface area (Å²) in [5.41, 5.74) is 0.178. The van der Waals surface area contributed by atoms with E-state index in [4.69, 9.17) is 0 Å². The summed E-state index contributed by atoms with van der Waals surface area (Å²) in [4.78, 5) is 39.7. The van der Waals surface area contributed by atoms with Gasteiger partial charge in [-0.2, -0.15) is 4.73 Å². The molecule has 1 aromatic heterocycles. The molecule has 1 heterocycles. The normalized spacial score (nSPS) is 12.9. The van der Waals surface area contributed by atoms with Gasteiger partial charge in [-0.05, 0) is 64.2 Å². The van der Waals surface area contributed by atoms with Crippen LogP contribution in [0.3, 0.4) is 0 Å². The first kappa shape index (κ1) is 36.8. The average Bonchev–Trinajstić information content (AvgIpc) is 2.98. The van der Waals surface area contributed by atoms with Crippen molar-refractivity contribution in [1.82, 2.24) is 15.6 Å². The highest BCUT2D eigenvalue weighted by atomic mass is 16.5. The molecule has 0 aliphatic heterocycles. The Morgan fingerprint density at radius 1 is 0.884 bits per heavy atom. The number of carbonyl (C=O) groups is 3. The number of aliphatic carboxylic acids is 1. The van der Waals surface area contributed by atoms with E-state index in [1.807, 2.05) is 12.2 Å². The maximum Gasteiger partial charge on any atom is 0.326 e. The predicted octanol–water partition coefficient (Wildman–Crippen LogP) is 5.97. The second-order valence-electron chi connectivity index (χ2n) is 9.90. The Balaban J connectivity index is 2.09. The summed E-state index contributed by atoms with van der Waals surface area (Å²) in [5, 5.41) is 26.3. The summed E-state index contributed by atoms with van der Waals surface area (Å²) in [6, 6.07) is -1.11. The van der Waals surface area contributed by atoms with Gasteiger partial charge in [0.1, 0.15) is 6.04 Å². The fourth-order valence-corrected chi connectivity index (χ4v) is 3.72. The van der Waals surface area contributed by atoms with E-state index in [-0.39, 0.29) is 18.0 Å². The molecular weight excluding hydrogens is 544 g/mol. The molecule has 0 bridgehead atoms. The Morgan fingerprint density at radius 2 is 1.42 bits per heavy atom. The third kappa shape index (κ3) is 19.5. The van der Waals surface area contributed by atoms with Crippen LogP contribution in [0, 0.1) is 12.1 Å². The number of amides is 2. The quantitative estimate of drug-likeness (QED) is 0.0657. The van der Waals surface area contributed by atoms with Crippen molar-refractivity contribution in [2.24, 2.45) is 0 Å². The van der Waals surface area contributed by atoms with E-state index in [2.05, 4.69) is 83.3 Å². The number of hydrogen-bond acceptors (Lipinski definition) is 5. The summed E-state index contributed by atoms with van der Waals surface area (Å²) >= 11 is 0. The van der Waals surface area contributed by atoms with Crippen LogP contribution >= 0.6 is 0 Å². The van der Waals surface area contributed by atoms with Crippen LogP contribution in [-0.4, -0.2) is 40.5 Å². The highest BCUT2D eigenvalue weighted by Crippen LogP contribution is 2.04. The van der Waals surface area contributed by atoms with Crippen molar-refractivity contribution >= 4 is 17.8 Å². The van der Waals surface area contributed by atoms with Crippen LogP contribution in [-0.2, 0) is 9.59 Å². The third-order valence-corrected chi connectivity index (χ3v) is 6.19. The van der Waals surface area contributed by atoms with Crippen molar-refractivity contribution < 1.29 is 24.2 Å². The van der Waals surface area contributed by atoms with E-state index >= 15 is 0 Å². The van der Waals surface area contributed by atoms with Gasteiger partial charge in [-0.1, -0.05) is 79.8 Å². The van der Waals surface area contributed by atoms with E-state index in [1.165, 1.54) is 6.20 Å². The molecule has 0 fully saturated rings. The molecule has 0 aliphatic rings. The van der Waals surface area contributed by atoms with Gasteiger partial charge in [-0.25, -0.2) is 9.78 Å². The van der Waals surface area contributed by atoms with Gasteiger partial charge in [0.05, 0.1) is 6.20 Å². The van der Waals surface area contributed by atoms with Crippen LogP contribution < -0.4 is 15.4 Å². The van der Waals surface area contributed by atoms with Gasteiger partial charge in [0.25, 0.3) is 5.91 Å². The number of hydrogen-bond donors (Lipinski definition) is 3. The van der Waals surface area contributed by atoms with Crippen LogP contribution in [0.1, 0.15) is 93.7 Å². The molecule has 0 saturated carbocycles. The van der Waals surface area contributed by atoms with Gasteiger partial charge in [0.2, 0.25) is 17.8 Å². The number of unbranched alkanes of at least 4 members (excludes halogenated alkanes) is 1. The molecular formula is C34H48N4O5. The van der Waals surface area contributed by atoms with Crippen molar-refractivity contribution in [2.75, 3.05) is 6.54 Å². The topological polar surface area (TPSA) is 135 Å². The van der Waals surface area contributed by atoms with Crippen LogP contribution in [0.15, 0.2) is 85.3 Å². The maximum absolute atomic E-state index is 12.2. The first-order valence-corrected chi connectivity index (χ1v) is 15.1. The lowest BCUT2D eigenvalue weighted by Crippen LogP contribution is -2.42. The number of aryl methyl sites for hydroxylation is 1. The van der Waals surface area contributed by atoms with Crippen molar-refractivity contribution in [3.63, 3.8) is 0 Å². The zero-order chi connectivity index (χ0) is 31.5. The van der Waals surface area contributed by atoms with Crippen LogP contribution in [0.4, 0.5) is 0 Å². The predicted molar refractivity (Wildman–Crippen MR) is 171 cm³/mol. The smallest absolute Gasteiger partial charge is 0.326 e. The number of nitrogens with one attached hydrogen (secondary N) is 2. The summed E-state index contributed by atoms with van der Waals surface area (Å²) in [6.07, 6.45) is 36.0. The van der Waals surface area contributed by atoms with Crippen molar-refractivity contribution in [2.45, 2.75) is 90.5 Å². The molecule has 1 unspecified atom stereocenters. The molecule has 0 aromatic carbocycles. The number of carbonyl (C=O) groups excluding carboxylic acids is 2. The highest BCUT2D eigenvalue weighted by molar-refractivity contribution is 5.94. The summed E-state index contributed by atoms with van der Waals surface area (Å²) in [7, 11) is 0. The summed E-state index contributed by atoms with van der Waals surface area (Å²) < 4.78 is 0.502. The summed E-state index contributed by atoms with van der Waals surface area (Å²) in [6.45, 7) is 4.11. The lowest BCUT2D eigenvalue weighted by atomic mass is 10.1. The van der Waals surface area contributed by atoms with E-state index < -0.39 is 17.9 Å². The molecule has 0 saturated heterocycles. The maximum atomic E-state index is 12.2.